The van der Waals surface area contributed by atoms with Gasteiger partial charge in [0, 0.05) is 13.0 Å². The summed E-state index contributed by atoms with van der Waals surface area (Å²) < 4.78 is 25.5. The largest absolute Gasteiger partial charge is 0.354 e. The van der Waals surface area contributed by atoms with Crippen LogP contribution in [0.15, 0.2) is 12.1 Å². The van der Waals surface area contributed by atoms with Crippen molar-refractivity contribution in [1.29, 1.82) is 0 Å². The number of amides is 1. The van der Waals surface area contributed by atoms with Crippen LogP contribution >= 0.6 is 11.6 Å². The fourth-order valence-electron chi connectivity index (χ4n) is 2.41. The summed E-state index contributed by atoms with van der Waals surface area (Å²) >= 11 is 6.25. The average molecular weight is 361 g/mol. The predicted octanol–water partition coefficient (Wildman–Crippen LogP) is 2.89. The fraction of sp³-hybridized carbons (Fsp3) is 0.562. The normalized spacial score (nSPS) is 11.6. The van der Waals surface area contributed by atoms with Crippen molar-refractivity contribution in [1.82, 2.24) is 5.32 Å². The highest BCUT2D eigenvalue weighted by Crippen LogP contribution is 2.32. The number of halogens is 1. The molecule has 0 atom stereocenters. The van der Waals surface area contributed by atoms with Gasteiger partial charge in [-0.3, -0.25) is 9.10 Å². The summed E-state index contributed by atoms with van der Waals surface area (Å²) in [5.74, 6) is 0.176. The Morgan fingerprint density at radius 3 is 2.39 bits per heavy atom. The van der Waals surface area contributed by atoms with Crippen LogP contribution in [0, 0.1) is 19.8 Å². The average Bonchev–Trinajstić information content (AvgIpc) is 2.33. The molecule has 0 spiro atoms. The molecule has 0 fully saturated rings. The molecule has 1 aromatic rings. The summed E-state index contributed by atoms with van der Waals surface area (Å²) in [6.07, 6.45) is 1.56. The minimum absolute atomic E-state index is 0.0832. The Hall–Kier alpha value is -1.27. The molecule has 0 heterocycles. The van der Waals surface area contributed by atoms with Crippen molar-refractivity contribution in [3.05, 3.63) is 28.3 Å². The van der Waals surface area contributed by atoms with Crippen LogP contribution in [0.4, 0.5) is 5.69 Å². The molecule has 0 aliphatic carbocycles. The molecular formula is C16H25ClN2O3S. The van der Waals surface area contributed by atoms with Gasteiger partial charge in [0.05, 0.1) is 23.5 Å². The predicted molar refractivity (Wildman–Crippen MR) is 95.6 cm³/mol. The SMILES string of the molecule is Cc1cc(C)c(N(CCNC(=O)CC(C)C)S(C)(=O)=O)c(Cl)c1. The molecule has 5 nitrogen and oxygen atoms in total. The summed E-state index contributed by atoms with van der Waals surface area (Å²) in [6, 6.07) is 3.62. The first kappa shape index (κ1) is 19.8. The Bertz CT molecular complexity index is 649. The number of benzene rings is 1. The minimum atomic E-state index is -3.50. The molecule has 1 N–H and O–H groups in total. The van der Waals surface area contributed by atoms with Gasteiger partial charge in [0.25, 0.3) is 0 Å². The Kier molecular flexibility index (Phi) is 6.89. The third-order valence-electron chi connectivity index (χ3n) is 3.28. The standard InChI is InChI=1S/C16H25ClN2O3S/c1-11(2)8-15(20)18-6-7-19(23(5,21)22)16-13(4)9-12(3)10-14(16)17/h9-11H,6-8H2,1-5H3,(H,18,20). The number of hydrogen-bond acceptors (Lipinski definition) is 3. The Morgan fingerprint density at radius 1 is 1.30 bits per heavy atom. The lowest BCUT2D eigenvalue weighted by molar-refractivity contribution is -0.121. The van der Waals surface area contributed by atoms with Gasteiger partial charge in [-0.05, 0) is 37.0 Å². The lowest BCUT2D eigenvalue weighted by Crippen LogP contribution is -2.38. The maximum absolute atomic E-state index is 12.1. The van der Waals surface area contributed by atoms with E-state index in [4.69, 9.17) is 11.6 Å². The summed E-state index contributed by atoms with van der Waals surface area (Å²) in [4.78, 5) is 11.7. The monoisotopic (exact) mass is 360 g/mol. The molecule has 0 aliphatic rings. The highest BCUT2D eigenvalue weighted by molar-refractivity contribution is 7.92. The highest BCUT2D eigenvalue weighted by atomic mass is 35.5. The van der Waals surface area contributed by atoms with E-state index in [0.29, 0.717) is 17.1 Å². The van der Waals surface area contributed by atoms with Crippen molar-refractivity contribution in [2.45, 2.75) is 34.1 Å². The number of aryl methyl sites for hydroxylation is 2. The van der Waals surface area contributed by atoms with Gasteiger partial charge in [0.15, 0.2) is 0 Å². The van der Waals surface area contributed by atoms with E-state index in [1.54, 1.807) is 6.07 Å². The third kappa shape index (κ3) is 6.03. The Balaban J connectivity index is 2.94. The van der Waals surface area contributed by atoms with E-state index in [-0.39, 0.29) is 24.9 Å². The zero-order chi connectivity index (χ0) is 17.8. The van der Waals surface area contributed by atoms with Crippen LogP contribution in [0.25, 0.3) is 0 Å². The lowest BCUT2D eigenvalue weighted by Gasteiger charge is -2.25. The molecule has 7 heteroatoms. The number of sulfonamides is 1. The number of hydrogen-bond donors (Lipinski definition) is 1. The van der Waals surface area contributed by atoms with Crippen LogP contribution < -0.4 is 9.62 Å². The molecule has 0 saturated carbocycles. The molecule has 130 valence electrons. The van der Waals surface area contributed by atoms with E-state index in [1.807, 2.05) is 33.8 Å². The summed E-state index contributed by atoms with van der Waals surface area (Å²) in [6.45, 7) is 8.02. The van der Waals surface area contributed by atoms with Crippen LogP contribution in [-0.4, -0.2) is 33.7 Å². The molecule has 0 saturated heterocycles. The second kappa shape index (κ2) is 8.02. The number of carbonyl (C=O) groups is 1. The van der Waals surface area contributed by atoms with Gasteiger partial charge in [-0.15, -0.1) is 0 Å². The molecular weight excluding hydrogens is 336 g/mol. The van der Waals surface area contributed by atoms with Crippen molar-refractivity contribution in [2.75, 3.05) is 23.7 Å². The van der Waals surface area contributed by atoms with E-state index in [2.05, 4.69) is 5.32 Å². The molecule has 0 aliphatic heterocycles. The maximum Gasteiger partial charge on any atom is 0.232 e. The second-order valence-corrected chi connectivity index (χ2v) is 8.51. The van der Waals surface area contributed by atoms with E-state index >= 15 is 0 Å². The van der Waals surface area contributed by atoms with Crippen molar-refractivity contribution < 1.29 is 13.2 Å². The minimum Gasteiger partial charge on any atom is -0.354 e. The van der Waals surface area contributed by atoms with Crippen LogP contribution in [0.2, 0.25) is 5.02 Å². The Labute approximate surface area is 144 Å². The first-order chi connectivity index (χ1) is 10.5. The molecule has 1 rings (SSSR count). The van der Waals surface area contributed by atoms with E-state index in [0.717, 1.165) is 17.4 Å². The van der Waals surface area contributed by atoms with E-state index < -0.39 is 10.0 Å². The summed E-state index contributed by atoms with van der Waals surface area (Å²) in [5, 5.41) is 3.14. The topological polar surface area (TPSA) is 66.5 Å². The van der Waals surface area contributed by atoms with Crippen molar-refractivity contribution in [2.24, 2.45) is 5.92 Å². The van der Waals surface area contributed by atoms with Gasteiger partial charge in [0.1, 0.15) is 0 Å². The van der Waals surface area contributed by atoms with Gasteiger partial charge in [-0.25, -0.2) is 8.42 Å². The maximum atomic E-state index is 12.1. The molecule has 0 radical (unpaired) electrons. The van der Waals surface area contributed by atoms with E-state index in [1.165, 1.54) is 4.31 Å². The van der Waals surface area contributed by atoms with E-state index in [9.17, 15) is 13.2 Å². The van der Waals surface area contributed by atoms with Gasteiger partial charge >= 0.3 is 0 Å². The summed E-state index contributed by atoms with van der Waals surface area (Å²) in [7, 11) is -3.50. The third-order valence-corrected chi connectivity index (χ3v) is 4.73. The zero-order valence-electron chi connectivity index (χ0n) is 14.3. The smallest absolute Gasteiger partial charge is 0.232 e. The number of anilines is 1. The molecule has 0 bridgehead atoms. The molecule has 23 heavy (non-hydrogen) atoms. The van der Waals surface area contributed by atoms with Crippen molar-refractivity contribution in [3.8, 4) is 0 Å². The Morgan fingerprint density at radius 2 is 1.91 bits per heavy atom. The quantitative estimate of drug-likeness (QED) is 0.813. The number of nitrogens with one attached hydrogen (secondary N) is 1. The molecule has 1 aromatic carbocycles. The first-order valence-electron chi connectivity index (χ1n) is 7.53. The number of rotatable bonds is 7. The van der Waals surface area contributed by atoms with Crippen molar-refractivity contribution in [3.63, 3.8) is 0 Å². The molecule has 0 aromatic heterocycles. The van der Waals surface area contributed by atoms with Gasteiger partial charge in [-0.2, -0.15) is 0 Å². The number of carbonyl (C=O) groups excluding carboxylic acids is 1. The first-order valence-corrected chi connectivity index (χ1v) is 9.76. The van der Waals surface area contributed by atoms with Crippen molar-refractivity contribution >= 4 is 33.2 Å². The van der Waals surface area contributed by atoms with Gasteiger partial charge < -0.3 is 5.32 Å². The van der Waals surface area contributed by atoms with Gasteiger partial charge in [0.2, 0.25) is 15.9 Å². The van der Waals surface area contributed by atoms with Gasteiger partial charge in [-0.1, -0.05) is 31.5 Å². The van der Waals surface area contributed by atoms with Crippen LogP contribution in [0.5, 0.6) is 0 Å². The van der Waals surface area contributed by atoms with Crippen LogP contribution in [0.3, 0.4) is 0 Å². The zero-order valence-corrected chi connectivity index (χ0v) is 15.9. The lowest BCUT2D eigenvalue weighted by atomic mass is 10.1. The molecule has 1 amide bonds. The fourth-order valence-corrected chi connectivity index (χ4v) is 3.88. The summed E-state index contributed by atoms with van der Waals surface area (Å²) in [5.41, 5.74) is 2.22. The van der Waals surface area contributed by atoms with Crippen LogP contribution in [0.1, 0.15) is 31.4 Å². The second-order valence-electron chi connectivity index (χ2n) is 6.20. The number of nitrogens with zero attached hydrogens (tertiary/aromatic N) is 1. The molecule has 0 unspecified atom stereocenters. The van der Waals surface area contributed by atoms with Crippen LogP contribution in [-0.2, 0) is 14.8 Å². The highest BCUT2D eigenvalue weighted by Gasteiger charge is 2.22.